The van der Waals surface area contributed by atoms with Crippen molar-refractivity contribution in [2.24, 2.45) is 0 Å². The minimum absolute atomic E-state index is 0.0261. The molecule has 0 radical (unpaired) electrons. The van der Waals surface area contributed by atoms with Gasteiger partial charge in [0.1, 0.15) is 0 Å². The summed E-state index contributed by atoms with van der Waals surface area (Å²) in [5.41, 5.74) is 1.60. The Kier molecular flexibility index (Phi) is 8.73. The molecule has 1 aromatic rings. The molecule has 1 heterocycles. The predicted octanol–water partition coefficient (Wildman–Crippen LogP) is 5.83. The average Bonchev–Trinajstić information content (AvgIpc) is 3.01. The standard InChI is InChI=1S/C18H31O6PSi/c1-8-10-21-25(19,22-11-9-2)23-14-16-12-20-13-17(16)15-24-26(6,7)18(3,4)5/h8-9,12-13H,1-2,10-11,14-15H2,3-7H3. The first-order valence-electron chi connectivity index (χ1n) is 8.48. The molecular weight excluding hydrogens is 371 g/mol. The van der Waals surface area contributed by atoms with Gasteiger partial charge in [0.15, 0.2) is 8.32 Å². The Labute approximate surface area is 157 Å². The third-order valence-corrected chi connectivity index (χ3v) is 10.2. The number of furan rings is 1. The molecule has 0 amide bonds. The lowest BCUT2D eigenvalue weighted by atomic mass is 10.2. The van der Waals surface area contributed by atoms with E-state index in [2.05, 4.69) is 47.0 Å². The quantitative estimate of drug-likeness (QED) is 0.249. The van der Waals surface area contributed by atoms with Gasteiger partial charge >= 0.3 is 7.82 Å². The highest BCUT2D eigenvalue weighted by Gasteiger charge is 2.37. The van der Waals surface area contributed by atoms with Crippen LogP contribution in [0.2, 0.25) is 18.1 Å². The summed E-state index contributed by atoms with van der Waals surface area (Å²) in [7, 11) is -5.60. The van der Waals surface area contributed by atoms with E-state index in [1.165, 1.54) is 12.2 Å². The van der Waals surface area contributed by atoms with Crippen LogP contribution >= 0.6 is 7.82 Å². The summed E-state index contributed by atoms with van der Waals surface area (Å²) in [6.07, 6.45) is 6.12. The van der Waals surface area contributed by atoms with Crippen molar-refractivity contribution in [1.29, 1.82) is 0 Å². The van der Waals surface area contributed by atoms with Crippen molar-refractivity contribution in [3.8, 4) is 0 Å². The minimum atomic E-state index is -3.71. The summed E-state index contributed by atoms with van der Waals surface area (Å²) < 4.78 is 39.8. The number of rotatable bonds is 12. The lowest BCUT2D eigenvalue weighted by molar-refractivity contribution is 0.124. The van der Waals surface area contributed by atoms with E-state index in [-0.39, 0.29) is 24.9 Å². The van der Waals surface area contributed by atoms with Crippen molar-refractivity contribution in [2.75, 3.05) is 13.2 Å². The second kappa shape index (κ2) is 9.83. The second-order valence-electron chi connectivity index (χ2n) is 7.36. The lowest BCUT2D eigenvalue weighted by Crippen LogP contribution is -2.40. The molecule has 0 saturated carbocycles. The molecule has 0 fully saturated rings. The zero-order valence-electron chi connectivity index (χ0n) is 16.4. The van der Waals surface area contributed by atoms with Crippen molar-refractivity contribution in [2.45, 2.75) is 52.1 Å². The van der Waals surface area contributed by atoms with Gasteiger partial charge in [-0.1, -0.05) is 32.9 Å². The Morgan fingerprint density at radius 1 is 1.04 bits per heavy atom. The van der Waals surface area contributed by atoms with E-state index >= 15 is 0 Å². The first kappa shape index (κ1) is 23.1. The maximum absolute atomic E-state index is 12.6. The lowest BCUT2D eigenvalue weighted by Gasteiger charge is -2.36. The van der Waals surface area contributed by atoms with Gasteiger partial charge in [0.2, 0.25) is 0 Å². The first-order valence-corrected chi connectivity index (χ1v) is 12.8. The highest BCUT2D eigenvalue weighted by Crippen LogP contribution is 2.50. The Balaban J connectivity index is 2.74. The number of phosphoric acid groups is 1. The van der Waals surface area contributed by atoms with Crippen LogP contribution in [0.3, 0.4) is 0 Å². The molecule has 8 heteroatoms. The first-order chi connectivity index (χ1) is 12.0. The topological polar surface area (TPSA) is 67.1 Å². The molecule has 0 aromatic carbocycles. The van der Waals surface area contributed by atoms with Gasteiger partial charge in [-0.25, -0.2) is 4.57 Å². The van der Waals surface area contributed by atoms with Crippen LogP contribution in [0.15, 0.2) is 42.3 Å². The summed E-state index contributed by atoms with van der Waals surface area (Å²) in [5, 5.41) is 0.111. The number of hydrogen-bond donors (Lipinski definition) is 0. The highest BCUT2D eigenvalue weighted by molar-refractivity contribution is 7.48. The zero-order valence-corrected chi connectivity index (χ0v) is 18.3. The van der Waals surface area contributed by atoms with Gasteiger partial charge in [-0.15, -0.1) is 13.2 Å². The molecule has 1 aromatic heterocycles. The Bertz CT molecular complexity index is 616. The van der Waals surface area contributed by atoms with Crippen LogP contribution < -0.4 is 0 Å². The number of hydrogen-bond acceptors (Lipinski definition) is 6. The van der Waals surface area contributed by atoms with Gasteiger partial charge in [0.25, 0.3) is 0 Å². The fraction of sp³-hybridized carbons (Fsp3) is 0.556. The van der Waals surface area contributed by atoms with Crippen LogP contribution in [-0.4, -0.2) is 21.5 Å². The molecule has 0 bridgehead atoms. The van der Waals surface area contributed by atoms with E-state index in [0.717, 1.165) is 11.1 Å². The molecular formula is C18H31O6PSi. The van der Waals surface area contributed by atoms with Crippen LogP contribution in [0.5, 0.6) is 0 Å². The molecule has 0 aliphatic heterocycles. The Hall–Kier alpha value is -0.953. The van der Waals surface area contributed by atoms with Crippen molar-refractivity contribution < 1.29 is 27.0 Å². The Morgan fingerprint density at radius 2 is 1.54 bits per heavy atom. The maximum Gasteiger partial charge on any atom is 0.475 e. The van der Waals surface area contributed by atoms with Crippen molar-refractivity contribution >= 4 is 16.1 Å². The van der Waals surface area contributed by atoms with Gasteiger partial charge in [0, 0.05) is 11.1 Å². The molecule has 0 saturated heterocycles. The summed E-state index contributed by atoms with van der Waals surface area (Å²) >= 11 is 0. The molecule has 0 aliphatic carbocycles. The van der Waals surface area contributed by atoms with Crippen LogP contribution in [0.25, 0.3) is 0 Å². The van der Waals surface area contributed by atoms with E-state index in [1.54, 1.807) is 12.5 Å². The van der Waals surface area contributed by atoms with Gasteiger partial charge in [-0.3, -0.25) is 13.6 Å². The van der Waals surface area contributed by atoms with Crippen LogP contribution in [-0.2, 0) is 35.8 Å². The van der Waals surface area contributed by atoms with Gasteiger partial charge < -0.3 is 8.84 Å². The molecule has 0 spiro atoms. The highest BCUT2D eigenvalue weighted by atomic mass is 31.2. The van der Waals surface area contributed by atoms with Gasteiger partial charge in [0.05, 0.1) is 39.0 Å². The molecule has 148 valence electrons. The molecule has 6 nitrogen and oxygen atoms in total. The van der Waals surface area contributed by atoms with Crippen molar-refractivity contribution in [1.82, 2.24) is 0 Å². The summed E-state index contributed by atoms with van der Waals surface area (Å²) in [6.45, 7) is 18.5. The van der Waals surface area contributed by atoms with Gasteiger partial charge in [-0.05, 0) is 18.1 Å². The summed E-state index contributed by atoms with van der Waals surface area (Å²) in [4.78, 5) is 0. The summed E-state index contributed by atoms with van der Waals surface area (Å²) in [5.74, 6) is 0. The number of phosphoric ester groups is 1. The predicted molar refractivity (Wildman–Crippen MR) is 105 cm³/mol. The van der Waals surface area contributed by atoms with E-state index in [9.17, 15) is 4.57 Å². The largest absolute Gasteiger partial charge is 0.475 e. The zero-order chi connectivity index (χ0) is 19.8. The van der Waals surface area contributed by atoms with E-state index in [0.29, 0.717) is 6.61 Å². The van der Waals surface area contributed by atoms with E-state index < -0.39 is 16.1 Å². The Morgan fingerprint density at radius 3 is 2.00 bits per heavy atom. The smallest absolute Gasteiger partial charge is 0.472 e. The van der Waals surface area contributed by atoms with Crippen molar-refractivity contribution in [3.05, 3.63) is 49.0 Å². The average molecular weight is 403 g/mol. The van der Waals surface area contributed by atoms with Crippen molar-refractivity contribution in [3.63, 3.8) is 0 Å². The third kappa shape index (κ3) is 6.99. The SMILES string of the molecule is C=CCOP(=O)(OCC=C)OCc1cocc1CO[Si](C)(C)C(C)(C)C. The van der Waals surface area contributed by atoms with E-state index in [1.807, 2.05) is 0 Å². The van der Waals surface area contributed by atoms with E-state index in [4.69, 9.17) is 22.4 Å². The molecule has 0 atom stereocenters. The monoisotopic (exact) mass is 402 g/mol. The molecule has 26 heavy (non-hydrogen) atoms. The molecule has 1 rings (SSSR count). The maximum atomic E-state index is 12.6. The molecule has 0 unspecified atom stereocenters. The fourth-order valence-electron chi connectivity index (χ4n) is 1.63. The van der Waals surface area contributed by atoms with Crippen LogP contribution in [0, 0.1) is 0 Å². The fourth-order valence-corrected chi connectivity index (χ4v) is 3.67. The minimum Gasteiger partial charge on any atom is -0.472 e. The summed E-state index contributed by atoms with van der Waals surface area (Å²) in [6, 6.07) is 0. The van der Waals surface area contributed by atoms with Crippen LogP contribution in [0.1, 0.15) is 31.9 Å². The molecule has 0 N–H and O–H groups in total. The van der Waals surface area contributed by atoms with Crippen LogP contribution in [0.4, 0.5) is 0 Å². The third-order valence-electron chi connectivity index (χ3n) is 4.31. The second-order valence-corrected chi connectivity index (χ2v) is 13.8. The van der Waals surface area contributed by atoms with Gasteiger partial charge in [-0.2, -0.15) is 0 Å². The molecule has 0 aliphatic rings. The normalized spacial score (nSPS) is 13.0.